The van der Waals surface area contributed by atoms with E-state index in [-0.39, 0.29) is 0 Å². The molecule has 1 rings (SSSR count). The van der Waals surface area contributed by atoms with Crippen LogP contribution in [0.4, 0.5) is 0 Å². The van der Waals surface area contributed by atoms with Gasteiger partial charge >= 0.3 is 0 Å². The van der Waals surface area contributed by atoms with Gasteiger partial charge in [-0.05, 0) is 24.8 Å². The molecule has 0 heterocycles. The van der Waals surface area contributed by atoms with Crippen molar-refractivity contribution in [2.75, 3.05) is 13.7 Å². The van der Waals surface area contributed by atoms with Crippen LogP contribution in [0.1, 0.15) is 19.3 Å². The number of ether oxygens (including phenoxy) is 1. The maximum Gasteiger partial charge on any atom is 0.119 e. The lowest BCUT2D eigenvalue weighted by Gasteiger charge is -2.19. The SMILES string of the molecule is COCC1CC=C(ON)CC1. The van der Waals surface area contributed by atoms with Crippen molar-refractivity contribution in [3.05, 3.63) is 11.8 Å². The van der Waals surface area contributed by atoms with E-state index < -0.39 is 0 Å². The second kappa shape index (κ2) is 4.36. The Balaban J connectivity index is 2.29. The van der Waals surface area contributed by atoms with Gasteiger partial charge in [-0.15, -0.1) is 0 Å². The average Bonchev–Trinajstić information content (AvgIpc) is 2.07. The molecule has 1 atom stereocenters. The van der Waals surface area contributed by atoms with E-state index in [0.717, 1.165) is 31.6 Å². The van der Waals surface area contributed by atoms with Crippen molar-refractivity contribution < 1.29 is 9.57 Å². The Hall–Kier alpha value is -0.540. The van der Waals surface area contributed by atoms with Crippen LogP contribution >= 0.6 is 0 Å². The molecule has 3 nitrogen and oxygen atoms in total. The summed E-state index contributed by atoms with van der Waals surface area (Å²) < 4.78 is 5.05. The fourth-order valence-corrected chi connectivity index (χ4v) is 1.36. The van der Waals surface area contributed by atoms with Gasteiger partial charge in [-0.2, -0.15) is 5.90 Å². The van der Waals surface area contributed by atoms with E-state index in [1.807, 2.05) is 6.08 Å². The molecule has 0 aromatic rings. The van der Waals surface area contributed by atoms with Crippen LogP contribution in [0.5, 0.6) is 0 Å². The summed E-state index contributed by atoms with van der Waals surface area (Å²) in [7, 11) is 1.73. The Labute approximate surface area is 67.1 Å². The van der Waals surface area contributed by atoms with Crippen molar-refractivity contribution in [1.29, 1.82) is 0 Å². The fraction of sp³-hybridized carbons (Fsp3) is 0.750. The Morgan fingerprint density at radius 1 is 1.73 bits per heavy atom. The minimum Gasteiger partial charge on any atom is -0.416 e. The summed E-state index contributed by atoms with van der Waals surface area (Å²) in [6.45, 7) is 0.842. The van der Waals surface area contributed by atoms with Gasteiger partial charge in [0, 0.05) is 20.1 Å². The summed E-state index contributed by atoms with van der Waals surface area (Å²) in [5.74, 6) is 6.59. The number of nitrogens with two attached hydrogens (primary N) is 1. The molecule has 64 valence electrons. The van der Waals surface area contributed by atoms with E-state index in [4.69, 9.17) is 10.6 Å². The molecule has 0 saturated heterocycles. The minimum atomic E-state index is 0.652. The zero-order valence-corrected chi connectivity index (χ0v) is 6.88. The van der Waals surface area contributed by atoms with E-state index in [1.165, 1.54) is 0 Å². The molecule has 0 aliphatic heterocycles. The van der Waals surface area contributed by atoms with Gasteiger partial charge in [0.15, 0.2) is 0 Å². The van der Waals surface area contributed by atoms with Gasteiger partial charge in [-0.1, -0.05) is 0 Å². The quantitative estimate of drug-likeness (QED) is 0.626. The van der Waals surface area contributed by atoms with Crippen LogP contribution in [0, 0.1) is 5.92 Å². The summed E-state index contributed by atoms with van der Waals surface area (Å²) in [4.78, 5) is 4.64. The molecule has 1 aliphatic rings. The van der Waals surface area contributed by atoms with E-state index in [9.17, 15) is 0 Å². The van der Waals surface area contributed by atoms with Crippen LogP contribution in [0.2, 0.25) is 0 Å². The van der Waals surface area contributed by atoms with E-state index in [1.54, 1.807) is 7.11 Å². The van der Waals surface area contributed by atoms with Crippen molar-refractivity contribution in [3.8, 4) is 0 Å². The molecule has 1 aliphatic carbocycles. The van der Waals surface area contributed by atoms with Gasteiger partial charge in [0.25, 0.3) is 0 Å². The maximum atomic E-state index is 5.05. The molecule has 1 unspecified atom stereocenters. The van der Waals surface area contributed by atoms with Crippen molar-refractivity contribution in [2.45, 2.75) is 19.3 Å². The lowest BCUT2D eigenvalue weighted by Crippen LogP contribution is -2.13. The molecule has 0 spiro atoms. The van der Waals surface area contributed by atoms with Gasteiger partial charge in [-0.25, -0.2) is 0 Å². The van der Waals surface area contributed by atoms with Gasteiger partial charge in [0.2, 0.25) is 0 Å². The smallest absolute Gasteiger partial charge is 0.119 e. The Morgan fingerprint density at radius 3 is 3.00 bits per heavy atom. The third kappa shape index (κ3) is 2.52. The highest BCUT2D eigenvalue weighted by Crippen LogP contribution is 2.23. The third-order valence-corrected chi connectivity index (χ3v) is 2.03. The number of rotatable bonds is 3. The van der Waals surface area contributed by atoms with Crippen LogP contribution in [0.25, 0.3) is 0 Å². The lowest BCUT2D eigenvalue weighted by molar-refractivity contribution is 0.133. The molecule has 0 saturated carbocycles. The van der Waals surface area contributed by atoms with Gasteiger partial charge in [-0.3, -0.25) is 0 Å². The van der Waals surface area contributed by atoms with Gasteiger partial charge in [0.05, 0.1) is 0 Å². The minimum absolute atomic E-state index is 0.652. The zero-order valence-electron chi connectivity index (χ0n) is 6.88. The molecular formula is C8H15NO2. The molecule has 2 N–H and O–H groups in total. The lowest BCUT2D eigenvalue weighted by atomic mass is 9.94. The number of hydrogen-bond acceptors (Lipinski definition) is 3. The zero-order chi connectivity index (χ0) is 8.10. The summed E-state index contributed by atoms with van der Waals surface area (Å²) in [6.07, 6.45) is 5.15. The normalized spacial score (nSPS) is 24.5. The summed E-state index contributed by atoms with van der Waals surface area (Å²) >= 11 is 0. The first-order chi connectivity index (χ1) is 5.36. The topological polar surface area (TPSA) is 44.5 Å². The predicted molar refractivity (Wildman–Crippen MR) is 42.6 cm³/mol. The highest BCUT2D eigenvalue weighted by Gasteiger charge is 2.14. The van der Waals surface area contributed by atoms with E-state index in [2.05, 4.69) is 4.84 Å². The van der Waals surface area contributed by atoms with Gasteiger partial charge < -0.3 is 9.57 Å². The second-order valence-electron chi connectivity index (χ2n) is 2.88. The molecule has 0 radical (unpaired) electrons. The van der Waals surface area contributed by atoms with Gasteiger partial charge in [0.1, 0.15) is 5.76 Å². The molecule has 0 aromatic carbocycles. The fourth-order valence-electron chi connectivity index (χ4n) is 1.36. The molecule has 0 amide bonds. The Bertz CT molecular complexity index is 145. The van der Waals surface area contributed by atoms with Crippen LogP contribution in [0.15, 0.2) is 11.8 Å². The summed E-state index contributed by atoms with van der Waals surface area (Å²) in [6, 6.07) is 0. The van der Waals surface area contributed by atoms with Crippen molar-refractivity contribution >= 4 is 0 Å². The van der Waals surface area contributed by atoms with Crippen molar-refractivity contribution in [1.82, 2.24) is 0 Å². The highest BCUT2D eigenvalue weighted by atomic mass is 16.6. The number of hydrogen-bond donors (Lipinski definition) is 1. The highest BCUT2D eigenvalue weighted by molar-refractivity contribution is 4.98. The van der Waals surface area contributed by atoms with Crippen LogP contribution in [-0.2, 0) is 9.57 Å². The first kappa shape index (κ1) is 8.56. The number of allylic oxidation sites excluding steroid dienone is 2. The second-order valence-corrected chi connectivity index (χ2v) is 2.88. The van der Waals surface area contributed by atoms with Crippen LogP contribution in [0.3, 0.4) is 0 Å². The first-order valence-corrected chi connectivity index (χ1v) is 3.91. The Kier molecular flexibility index (Phi) is 3.39. The average molecular weight is 157 g/mol. The molecule has 0 bridgehead atoms. The maximum absolute atomic E-state index is 5.05. The first-order valence-electron chi connectivity index (χ1n) is 3.91. The monoisotopic (exact) mass is 157 g/mol. The molecule has 0 fully saturated rings. The summed E-state index contributed by atoms with van der Waals surface area (Å²) in [5, 5.41) is 0. The van der Waals surface area contributed by atoms with Crippen molar-refractivity contribution in [3.63, 3.8) is 0 Å². The van der Waals surface area contributed by atoms with Crippen molar-refractivity contribution in [2.24, 2.45) is 11.8 Å². The summed E-state index contributed by atoms with van der Waals surface area (Å²) in [5.41, 5.74) is 0. The predicted octanol–water partition coefficient (Wildman–Crippen LogP) is 1.21. The largest absolute Gasteiger partial charge is 0.416 e. The number of methoxy groups -OCH3 is 1. The molecule has 11 heavy (non-hydrogen) atoms. The van der Waals surface area contributed by atoms with E-state index >= 15 is 0 Å². The Morgan fingerprint density at radius 2 is 2.55 bits per heavy atom. The third-order valence-electron chi connectivity index (χ3n) is 2.03. The van der Waals surface area contributed by atoms with E-state index in [0.29, 0.717) is 5.92 Å². The van der Waals surface area contributed by atoms with Crippen LogP contribution < -0.4 is 5.90 Å². The van der Waals surface area contributed by atoms with Crippen LogP contribution in [-0.4, -0.2) is 13.7 Å². The molecular weight excluding hydrogens is 142 g/mol. The molecule has 3 heteroatoms. The molecule has 0 aromatic heterocycles. The standard InChI is InChI=1S/C8H15NO2/c1-10-6-7-2-4-8(11-9)5-3-7/h4,7H,2-3,5-6,9H2,1H3.